The number of para-hydroxylation sites is 1. The zero-order valence-electron chi connectivity index (χ0n) is 12.7. The van der Waals surface area contributed by atoms with Gasteiger partial charge in [-0.1, -0.05) is 35.9 Å². The van der Waals surface area contributed by atoms with Gasteiger partial charge >= 0.3 is 0 Å². The summed E-state index contributed by atoms with van der Waals surface area (Å²) in [5, 5.41) is 0. The molecular formula is C18H23NO2. The third-order valence-electron chi connectivity index (χ3n) is 3.21. The Morgan fingerprint density at radius 2 is 1.71 bits per heavy atom. The summed E-state index contributed by atoms with van der Waals surface area (Å²) in [4.78, 5) is 0. The maximum Gasteiger partial charge on any atom is 0.124 e. The van der Waals surface area contributed by atoms with Gasteiger partial charge in [0.15, 0.2) is 0 Å². The number of aryl methyl sites for hydroxylation is 1. The summed E-state index contributed by atoms with van der Waals surface area (Å²) in [5.41, 5.74) is 8.24. The quantitative estimate of drug-likeness (QED) is 0.786. The zero-order chi connectivity index (χ0) is 15.1. The molecule has 0 aliphatic heterocycles. The Labute approximate surface area is 126 Å². The van der Waals surface area contributed by atoms with Gasteiger partial charge in [-0.2, -0.15) is 0 Å². The summed E-state index contributed by atoms with van der Waals surface area (Å²) in [7, 11) is 0. The van der Waals surface area contributed by atoms with Crippen LogP contribution in [0.15, 0.2) is 48.5 Å². The van der Waals surface area contributed by atoms with Gasteiger partial charge in [0, 0.05) is 18.0 Å². The van der Waals surface area contributed by atoms with E-state index in [4.69, 9.17) is 15.2 Å². The summed E-state index contributed by atoms with van der Waals surface area (Å²) in [6.07, 6.45) is 0.834. The van der Waals surface area contributed by atoms with Crippen molar-refractivity contribution in [3.63, 3.8) is 0 Å². The van der Waals surface area contributed by atoms with Crippen LogP contribution in [0, 0.1) is 6.92 Å². The van der Waals surface area contributed by atoms with E-state index in [1.54, 1.807) is 0 Å². The maximum absolute atomic E-state index is 5.99. The molecule has 2 aromatic carbocycles. The van der Waals surface area contributed by atoms with Gasteiger partial charge in [-0.25, -0.2) is 0 Å². The molecule has 3 nitrogen and oxygen atoms in total. The average Bonchev–Trinajstić information content (AvgIpc) is 2.49. The molecular weight excluding hydrogens is 262 g/mol. The van der Waals surface area contributed by atoms with Crippen molar-refractivity contribution in [2.24, 2.45) is 5.73 Å². The van der Waals surface area contributed by atoms with Gasteiger partial charge in [0.1, 0.15) is 11.5 Å². The average molecular weight is 285 g/mol. The molecule has 0 radical (unpaired) electrons. The smallest absolute Gasteiger partial charge is 0.124 e. The lowest BCUT2D eigenvalue weighted by molar-refractivity contribution is 0.245. The van der Waals surface area contributed by atoms with Gasteiger partial charge in [-0.3, -0.25) is 0 Å². The van der Waals surface area contributed by atoms with Crippen LogP contribution in [-0.2, 0) is 0 Å². The molecule has 0 aliphatic carbocycles. The monoisotopic (exact) mass is 285 g/mol. The summed E-state index contributed by atoms with van der Waals surface area (Å²) in [6.45, 7) is 5.29. The molecule has 0 amide bonds. The van der Waals surface area contributed by atoms with Gasteiger partial charge in [0.2, 0.25) is 0 Å². The highest BCUT2D eigenvalue weighted by molar-refractivity contribution is 5.38. The van der Waals surface area contributed by atoms with Crippen LogP contribution in [0.4, 0.5) is 0 Å². The number of ether oxygens (including phenoxy) is 2. The van der Waals surface area contributed by atoms with Crippen LogP contribution >= 0.6 is 0 Å². The minimum atomic E-state index is -0.0273. The highest BCUT2D eigenvalue weighted by atomic mass is 16.5. The Morgan fingerprint density at radius 1 is 1.00 bits per heavy atom. The Balaban J connectivity index is 1.78. The second-order valence-electron chi connectivity index (χ2n) is 5.19. The fourth-order valence-corrected chi connectivity index (χ4v) is 2.10. The van der Waals surface area contributed by atoms with Crippen LogP contribution in [0.25, 0.3) is 0 Å². The maximum atomic E-state index is 5.99. The van der Waals surface area contributed by atoms with Gasteiger partial charge < -0.3 is 15.2 Å². The molecule has 0 aromatic heterocycles. The number of hydrogen-bond donors (Lipinski definition) is 1. The molecule has 0 spiro atoms. The van der Waals surface area contributed by atoms with Crippen LogP contribution < -0.4 is 15.2 Å². The van der Waals surface area contributed by atoms with Crippen LogP contribution in [0.2, 0.25) is 0 Å². The number of benzene rings is 2. The summed E-state index contributed by atoms with van der Waals surface area (Å²) in [5.74, 6) is 1.76. The molecule has 3 heteroatoms. The predicted molar refractivity (Wildman–Crippen MR) is 85.8 cm³/mol. The molecule has 1 atom stereocenters. The third kappa shape index (κ3) is 4.80. The van der Waals surface area contributed by atoms with E-state index in [0.717, 1.165) is 23.5 Å². The molecule has 0 fully saturated rings. The van der Waals surface area contributed by atoms with Crippen molar-refractivity contribution < 1.29 is 9.47 Å². The van der Waals surface area contributed by atoms with E-state index < -0.39 is 0 Å². The van der Waals surface area contributed by atoms with Gasteiger partial charge in [0.05, 0.1) is 13.2 Å². The Kier molecular flexibility index (Phi) is 5.64. The van der Waals surface area contributed by atoms with Crippen molar-refractivity contribution in [1.82, 2.24) is 0 Å². The molecule has 112 valence electrons. The van der Waals surface area contributed by atoms with E-state index in [-0.39, 0.29) is 6.04 Å². The van der Waals surface area contributed by atoms with E-state index in [9.17, 15) is 0 Å². The third-order valence-corrected chi connectivity index (χ3v) is 3.21. The van der Waals surface area contributed by atoms with Crippen molar-refractivity contribution in [3.05, 3.63) is 59.7 Å². The Hall–Kier alpha value is -2.00. The highest BCUT2D eigenvalue weighted by Gasteiger charge is 2.08. The molecule has 2 aromatic rings. The first-order valence-corrected chi connectivity index (χ1v) is 7.33. The molecule has 0 saturated carbocycles. The molecule has 2 rings (SSSR count). The molecule has 2 N–H and O–H groups in total. The van der Waals surface area contributed by atoms with Crippen molar-refractivity contribution in [3.8, 4) is 11.5 Å². The first-order chi connectivity index (χ1) is 10.2. The SMILES string of the molecule is Cc1ccc(OCCCOc2ccccc2)c([C@H](C)N)c1. The van der Waals surface area contributed by atoms with E-state index >= 15 is 0 Å². The number of rotatable bonds is 7. The van der Waals surface area contributed by atoms with E-state index in [2.05, 4.69) is 13.0 Å². The lowest BCUT2D eigenvalue weighted by Crippen LogP contribution is -2.10. The fourth-order valence-electron chi connectivity index (χ4n) is 2.10. The molecule has 0 saturated heterocycles. The summed E-state index contributed by atoms with van der Waals surface area (Å²) < 4.78 is 11.5. The lowest BCUT2D eigenvalue weighted by atomic mass is 10.1. The molecule has 0 heterocycles. The van der Waals surface area contributed by atoms with Crippen molar-refractivity contribution in [2.45, 2.75) is 26.3 Å². The van der Waals surface area contributed by atoms with Crippen molar-refractivity contribution >= 4 is 0 Å². The second-order valence-corrected chi connectivity index (χ2v) is 5.19. The Bertz CT molecular complexity index is 552. The Morgan fingerprint density at radius 3 is 2.43 bits per heavy atom. The van der Waals surface area contributed by atoms with Crippen LogP contribution in [0.1, 0.15) is 30.5 Å². The number of hydrogen-bond acceptors (Lipinski definition) is 3. The van der Waals surface area contributed by atoms with E-state index in [1.807, 2.05) is 49.4 Å². The van der Waals surface area contributed by atoms with Crippen LogP contribution in [-0.4, -0.2) is 13.2 Å². The largest absolute Gasteiger partial charge is 0.493 e. The van der Waals surface area contributed by atoms with Gasteiger partial charge in [0.25, 0.3) is 0 Å². The summed E-state index contributed by atoms with van der Waals surface area (Å²) in [6, 6.07) is 15.9. The number of nitrogens with two attached hydrogens (primary N) is 1. The van der Waals surface area contributed by atoms with Crippen LogP contribution in [0.3, 0.4) is 0 Å². The highest BCUT2D eigenvalue weighted by Crippen LogP contribution is 2.25. The standard InChI is InChI=1S/C18H23NO2/c1-14-9-10-18(17(13-14)15(2)19)21-12-6-11-20-16-7-4-3-5-8-16/h3-5,7-10,13,15H,6,11-12,19H2,1-2H3/t15-/m0/s1. The predicted octanol–water partition coefficient (Wildman–Crippen LogP) is 3.86. The van der Waals surface area contributed by atoms with E-state index in [0.29, 0.717) is 13.2 Å². The lowest BCUT2D eigenvalue weighted by Gasteiger charge is -2.15. The molecule has 0 aliphatic rings. The van der Waals surface area contributed by atoms with Gasteiger partial charge in [-0.15, -0.1) is 0 Å². The van der Waals surface area contributed by atoms with Crippen LogP contribution in [0.5, 0.6) is 11.5 Å². The van der Waals surface area contributed by atoms with Gasteiger partial charge in [-0.05, 0) is 32.0 Å². The van der Waals surface area contributed by atoms with Crippen molar-refractivity contribution in [2.75, 3.05) is 13.2 Å². The molecule has 0 bridgehead atoms. The molecule has 0 unspecified atom stereocenters. The van der Waals surface area contributed by atoms with Crippen molar-refractivity contribution in [1.29, 1.82) is 0 Å². The molecule has 21 heavy (non-hydrogen) atoms. The minimum absolute atomic E-state index is 0.0273. The van der Waals surface area contributed by atoms with E-state index in [1.165, 1.54) is 5.56 Å². The first-order valence-electron chi connectivity index (χ1n) is 7.33. The zero-order valence-corrected chi connectivity index (χ0v) is 12.7. The minimum Gasteiger partial charge on any atom is -0.493 e. The second kappa shape index (κ2) is 7.70. The normalized spacial score (nSPS) is 12.0. The fraction of sp³-hybridized carbons (Fsp3) is 0.333. The first kappa shape index (κ1) is 15.4. The summed E-state index contributed by atoms with van der Waals surface area (Å²) >= 11 is 0. The topological polar surface area (TPSA) is 44.5 Å².